The zero-order chi connectivity index (χ0) is 23.3. The zero-order valence-electron chi connectivity index (χ0n) is 18.6. The monoisotopic (exact) mass is 436 g/mol. The molecule has 0 saturated carbocycles. The van der Waals surface area contributed by atoms with E-state index in [1.54, 1.807) is 36.4 Å². The van der Waals surface area contributed by atoms with E-state index in [9.17, 15) is 19.2 Å². The number of nitrogens with one attached hydrogen (secondary N) is 1. The smallest absolute Gasteiger partial charge is 0.338 e. The lowest BCUT2D eigenvalue weighted by atomic mass is 9.89. The second-order valence-corrected chi connectivity index (χ2v) is 8.21. The van der Waals surface area contributed by atoms with Crippen LogP contribution >= 0.6 is 0 Å². The lowest BCUT2D eigenvalue weighted by Gasteiger charge is -2.33. The summed E-state index contributed by atoms with van der Waals surface area (Å²) in [5.41, 5.74) is 1.64. The predicted octanol–water partition coefficient (Wildman–Crippen LogP) is 4.08. The van der Waals surface area contributed by atoms with Gasteiger partial charge in [0.25, 0.3) is 0 Å². The number of Topliss-reactive ketones (excluding diaryl/α,β-unsaturated/α-hetero) is 1. The van der Waals surface area contributed by atoms with Crippen LogP contribution in [0.4, 0.5) is 11.4 Å². The topological polar surface area (TPSA) is 92.8 Å². The lowest BCUT2D eigenvalue weighted by molar-refractivity contribution is -0.129. The Labute approximate surface area is 187 Å². The minimum absolute atomic E-state index is 0.161. The molecule has 3 rings (SSSR count). The van der Waals surface area contributed by atoms with Crippen LogP contribution in [0.15, 0.2) is 48.5 Å². The number of esters is 1. The standard InChI is InChI=1S/C25H28N2O5/c1-4-5-14-32-25(31)17-10-12-18(13-11-17)26-23(29)21-22(28)19-8-6-7-9-20(19)27(24(21)30)15-16(2)3/h6-13,16,21H,4-5,14-15H2,1-3H3,(H,26,29). The summed E-state index contributed by atoms with van der Waals surface area (Å²) in [4.78, 5) is 52.6. The number of carbonyl (C=O) groups excluding carboxylic acids is 4. The number of fused-ring (bicyclic) bond motifs is 1. The number of hydrogen-bond donors (Lipinski definition) is 1. The molecule has 2 aromatic carbocycles. The fourth-order valence-corrected chi connectivity index (χ4v) is 3.54. The molecule has 1 atom stereocenters. The lowest BCUT2D eigenvalue weighted by Crippen LogP contribution is -2.50. The second-order valence-electron chi connectivity index (χ2n) is 8.21. The molecule has 7 heteroatoms. The Morgan fingerprint density at radius 1 is 1.06 bits per heavy atom. The molecule has 0 saturated heterocycles. The van der Waals surface area contributed by atoms with Gasteiger partial charge in [-0.1, -0.05) is 39.3 Å². The van der Waals surface area contributed by atoms with Crippen LogP contribution in [-0.2, 0) is 14.3 Å². The Morgan fingerprint density at radius 3 is 2.41 bits per heavy atom. The number of nitrogens with zero attached hydrogens (tertiary/aromatic N) is 1. The second kappa shape index (κ2) is 10.2. The van der Waals surface area contributed by atoms with Gasteiger partial charge in [-0.25, -0.2) is 4.79 Å². The van der Waals surface area contributed by atoms with Crippen molar-refractivity contribution in [2.24, 2.45) is 11.8 Å². The summed E-state index contributed by atoms with van der Waals surface area (Å²) < 4.78 is 5.17. The third kappa shape index (κ3) is 5.04. The highest BCUT2D eigenvalue weighted by atomic mass is 16.5. The Morgan fingerprint density at radius 2 is 1.75 bits per heavy atom. The maximum Gasteiger partial charge on any atom is 0.338 e. The van der Waals surface area contributed by atoms with Gasteiger partial charge in [0.05, 0.1) is 17.9 Å². The van der Waals surface area contributed by atoms with E-state index in [0.717, 1.165) is 12.8 Å². The van der Waals surface area contributed by atoms with Gasteiger partial charge in [0.15, 0.2) is 11.7 Å². The van der Waals surface area contributed by atoms with Gasteiger partial charge in [-0.3, -0.25) is 14.4 Å². The van der Waals surface area contributed by atoms with Gasteiger partial charge in [0, 0.05) is 17.8 Å². The van der Waals surface area contributed by atoms with E-state index in [-0.39, 0.29) is 5.92 Å². The number of carbonyl (C=O) groups is 4. The molecule has 1 heterocycles. The first-order chi connectivity index (χ1) is 15.3. The Kier molecular flexibility index (Phi) is 7.41. The average Bonchev–Trinajstić information content (AvgIpc) is 2.77. The van der Waals surface area contributed by atoms with Crippen molar-refractivity contribution in [1.82, 2.24) is 0 Å². The highest BCUT2D eigenvalue weighted by Crippen LogP contribution is 2.32. The van der Waals surface area contributed by atoms with E-state index in [1.807, 2.05) is 20.8 Å². The van der Waals surface area contributed by atoms with Crippen molar-refractivity contribution in [1.29, 1.82) is 0 Å². The van der Waals surface area contributed by atoms with Gasteiger partial charge < -0.3 is 15.0 Å². The minimum atomic E-state index is -1.46. The summed E-state index contributed by atoms with van der Waals surface area (Å²) >= 11 is 0. The molecule has 0 spiro atoms. The molecule has 168 valence electrons. The van der Waals surface area contributed by atoms with Crippen molar-refractivity contribution in [2.75, 3.05) is 23.4 Å². The summed E-state index contributed by atoms with van der Waals surface area (Å²) in [6, 6.07) is 13.0. The molecule has 32 heavy (non-hydrogen) atoms. The molecule has 0 fully saturated rings. The van der Waals surface area contributed by atoms with Crippen molar-refractivity contribution in [3.8, 4) is 0 Å². The number of unbranched alkanes of at least 4 members (excludes halogenated alkanes) is 1. The maximum atomic E-state index is 13.1. The largest absolute Gasteiger partial charge is 0.462 e. The average molecular weight is 437 g/mol. The van der Waals surface area contributed by atoms with Crippen molar-refractivity contribution in [2.45, 2.75) is 33.6 Å². The molecule has 0 aliphatic carbocycles. The highest BCUT2D eigenvalue weighted by molar-refractivity contribution is 6.32. The molecule has 2 aromatic rings. The zero-order valence-corrected chi connectivity index (χ0v) is 18.6. The Hall–Kier alpha value is -3.48. The molecule has 0 radical (unpaired) electrons. The van der Waals surface area contributed by atoms with Crippen molar-refractivity contribution >= 4 is 34.9 Å². The number of amides is 2. The maximum absolute atomic E-state index is 13.1. The molecular formula is C25H28N2O5. The van der Waals surface area contributed by atoms with Crippen molar-refractivity contribution in [3.05, 3.63) is 59.7 Å². The number of rotatable bonds is 8. The Bertz CT molecular complexity index is 1010. The van der Waals surface area contributed by atoms with Crippen LogP contribution in [0.5, 0.6) is 0 Å². The van der Waals surface area contributed by atoms with Gasteiger partial charge in [0.2, 0.25) is 11.8 Å². The van der Waals surface area contributed by atoms with Crippen LogP contribution < -0.4 is 10.2 Å². The number of para-hydroxylation sites is 1. The van der Waals surface area contributed by atoms with Crippen LogP contribution in [0.1, 0.15) is 54.3 Å². The highest BCUT2D eigenvalue weighted by Gasteiger charge is 2.43. The van der Waals surface area contributed by atoms with E-state index in [4.69, 9.17) is 4.74 Å². The number of anilines is 2. The summed E-state index contributed by atoms with van der Waals surface area (Å²) in [5, 5.41) is 2.64. The normalized spacial score (nSPS) is 15.5. The van der Waals surface area contributed by atoms with Crippen LogP contribution in [0.2, 0.25) is 0 Å². The van der Waals surface area contributed by atoms with Gasteiger partial charge in [-0.05, 0) is 48.7 Å². The first-order valence-electron chi connectivity index (χ1n) is 10.9. The molecule has 0 aromatic heterocycles. The van der Waals surface area contributed by atoms with Crippen molar-refractivity contribution < 1.29 is 23.9 Å². The first kappa shape index (κ1) is 23.2. The van der Waals surface area contributed by atoms with E-state index < -0.39 is 29.5 Å². The summed E-state index contributed by atoms with van der Waals surface area (Å²) in [5.74, 6) is -3.47. The number of ether oxygens (including phenoxy) is 1. The van der Waals surface area contributed by atoms with Gasteiger partial charge in [0.1, 0.15) is 0 Å². The predicted molar refractivity (Wildman–Crippen MR) is 122 cm³/mol. The third-order valence-electron chi connectivity index (χ3n) is 5.16. The van der Waals surface area contributed by atoms with Gasteiger partial charge in [-0.2, -0.15) is 0 Å². The quantitative estimate of drug-likeness (QED) is 0.382. The van der Waals surface area contributed by atoms with Crippen molar-refractivity contribution in [3.63, 3.8) is 0 Å². The molecule has 1 aliphatic rings. The Balaban J connectivity index is 1.76. The van der Waals surface area contributed by atoms with Crippen LogP contribution in [0, 0.1) is 11.8 Å². The molecule has 7 nitrogen and oxygen atoms in total. The van der Waals surface area contributed by atoms with Crippen LogP contribution in [0.3, 0.4) is 0 Å². The fourth-order valence-electron chi connectivity index (χ4n) is 3.54. The van der Waals surface area contributed by atoms with E-state index >= 15 is 0 Å². The number of ketones is 1. The molecule has 1 aliphatic heterocycles. The minimum Gasteiger partial charge on any atom is -0.462 e. The fraction of sp³-hybridized carbons (Fsp3) is 0.360. The van der Waals surface area contributed by atoms with Crippen LogP contribution in [0.25, 0.3) is 0 Å². The number of benzene rings is 2. The third-order valence-corrected chi connectivity index (χ3v) is 5.16. The van der Waals surface area contributed by atoms with E-state index in [2.05, 4.69) is 5.32 Å². The van der Waals surface area contributed by atoms with E-state index in [1.165, 1.54) is 17.0 Å². The van der Waals surface area contributed by atoms with Gasteiger partial charge >= 0.3 is 5.97 Å². The summed E-state index contributed by atoms with van der Waals surface area (Å²) in [7, 11) is 0. The first-order valence-corrected chi connectivity index (χ1v) is 10.9. The molecule has 0 bridgehead atoms. The SMILES string of the molecule is CCCCOC(=O)c1ccc(NC(=O)C2C(=O)c3ccccc3N(CC(C)C)C2=O)cc1. The molecular weight excluding hydrogens is 408 g/mol. The summed E-state index contributed by atoms with van der Waals surface area (Å²) in [6.45, 7) is 6.70. The molecule has 1 N–H and O–H groups in total. The number of hydrogen-bond acceptors (Lipinski definition) is 5. The molecule has 2 amide bonds. The summed E-state index contributed by atoms with van der Waals surface area (Å²) in [6.07, 6.45) is 1.72. The van der Waals surface area contributed by atoms with Gasteiger partial charge in [-0.15, -0.1) is 0 Å². The van der Waals surface area contributed by atoms with E-state index in [0.29, 0.717) is 35.7 Å². The molecule has 1 unspecified atom stereocenters. The van der Waals surface area contributed by atoms with Crippen LogP contribution in [-0.4, -0.2) is 36.7 Å².